The zero-order valence-corrected chi connectivity index (χ0v) is 13.1. The molecule has 1 aromatic carbocycles. The predicted molar refractivity (Wildman–Crippen MR) is 92.4 cm³/mol. The van der Waals surface area contributed by atoms with Crippen molar-refractivity contribution in [3.63, 3.8) is 0 Å². The van der Waals surface area contributed by atoms with Crippen LogP contribution in [0, 0.1) is 5.92 Å². The van der Waals surface area contributed by atoms with E-state index in [2.05, 4.69) is 34.6 Å². The highest BCUT2D eigenvalue weighted by Gasteiger charge is 2.12. The third kappa shape index (κ3) is 4.08. The standard InChI is InChI=1S/C19H25N3/c20-19-8-4-7-18(22-19)17-11-9-16(10-12-17)14-21-13-15-5-2-1-3-6-15/h4,7-12,15,21H,1-3,5-6,13-14H2,(H2,20,22). The Bertz CT molecular complexity index is 586. The maximum absolute atomic E-state index is 5.74. The first kappa shape index (κ1) is 15.0. The second-order valence-corrected chi connectivity index (χ2v) is 6.28. The van der Waals surface area contributed by atoms with Gasteiger partial charge in [0, 0.05) is 12.1 Å². The average Bonchev–Trinajstić information content (AvgIpc) is 2.56. The number of anilines is 1. The number of nitrogen functional groups attached to an aromatic ring is 1. The fraction of sp³-hybridized carbons (Fsp3) is 0.421. The molecule has 0 spiro atoms. The molecule has 1 saturated carbocycles. The van der Waals surface area contributed by atoms with Crippen molar-refractivity contribution >= 4 is 5.82 Å². The molecule has 0 unspecified atom stereocenters. The number of benzene rings is 1. The second kappa shape index (κ2) is 7.41. The van der Waals surface area contributed by atoms with Gasteiger partial charge in [0.2, 0.25) is 0 Å². The van der Waals surface area contributed by atoms with E-state index in [1.54, 1.807) is 0 Å². The monoisotopic (exact) mass is 295 g/mol. The van der Waals surface area contributed by atoms with Crippen LogP contribution in [0.3, 0.4) is 0 Å². The molecule has 1 aromatic heterocycles. The molecule has 3 N–H and O–H groups in total. The van der Waals surface area contributed by atoms with Crippen molar-refractivity contribution in [3.05, 3.63) is 48.0 Å². The smallest absolute Gasteiger partial charge is 0.124 e. The van der Waals surface area contributed by atoms with Crippen LogP contribution in [0.2, 0.25) is 0 Å². The van der Waals surface area contributed by atoms with Gasteiger partial charge in [-0.15, -0.1) is 0 Å². The van der Waals surface area contributed by atoms with E-state index in [0.717, 1.165) is 30.3 Å². The molecule has 0 saturated heterocycles. The molecule has 0 amide bonds. The average molecular weight is 295 g/mol. The third-order valence-electron chi connectivity index (χ3n) is 4.51. The summed E-state index contributed by atoms with van der Waals surface area (Å²) < 4.78 is 0. The van der Waals surface area contributed by atoms with Crippen LogP contribution in [0.1, 0.15) is 37.7 Å². The zero-order valence-electron chi connectivity index (χ0n) is 13.1. The lowest BCUT2D eigenvalue weighted by molar-refractivity contribution is 0.342. The molecule has 0 aliphatic heterocycles. The second-order valence-electron chi connectivity index (χ2n) is 6.28. The van der Waals surface area contributed by atoms with Gasteiger partial charge in [-0.3, -0.25) is 0 Å². The molecule has 0 atom stereocenters. The van der Waals surface area contributed by atoms with Crippen molar-refractivity contribution in [1.82, 2.24) is 10.3 Å². The van der Waals surface area contributed by atoms with Crippen molar-refractivity contribution in [2.45, 2.75) is 38.6 Å². The zero-order chi connectivity index (χ0) is 15.2. The summed E-state index contributed by atoms with van der Waals surface area (Å²) in [5, 5.41) is 3.60. The quantitative estimate of drug-likeness (QED) is 0.876. The van der Waals surface area contributed by atoms with Gasteiger partial charge in [-0.05, 0) is 43.0 Å². The molecular weight excluding hydrogens is 270 g/mol. The molecule has 3 heteroatoms. The van der Waals surface area contributed by atoms with Crippen molar-refractivity contribution in [1.29, 1.82) is 0 Å². The van der Waals surface area contributed by atoms with Gasteiger partial charge in [0.1, 0.15) is 5.82 Å². The Morgan fingerprint density at radius 2 is 1.77 bits per heavy atom. The van der Waals surface area contributed by atoms with Crippen molar-refractivity contribution in [2.24, 2.45) is 5.92 Å². The molecule has 22 heavy (non-hydrogen) atoms. The van der Waals surface area contributed by atoms with Crippen LogP contribution >= 0.6 is 0 Å². The molecule has 1 heterocycles. The van der Waals surface area contributed by atoms with E-state index in [4.69, 9.17) is 5.73 Å². The number of pyridine rings is 1. The molecule has 0 radical (unpaired) electrons. The maximum Gasteiger partial charge on any atom is 0.124 e. The number of nitrogens with two attached hydrogens (primary N) is 1. The first-order valence-electron chi connectivity index (χ1n) is 8.34. The predicted octanol–water partition coefficient (Wildman–Crippen LogP) is 4.00. The summed E-state index contributed by atoms with van der Waals surface area (Å²) in [6.07, 6.45) is 7.04. The van der Waals surface area contributed by atoms with Gasteiger partial charge in [-0.2, -0.15) is 0 Å². The fourth-order valence-corrected chi connectivity index (χ4v) is 3.22. The molecule has 0 bridgehead atoms. The largest absolute Gasteiger partial charge is 0.384 e. The van der Waals surface area contributed by atoms with Gasteiger partial charge < -0.3 is 11.1 Å². The van der Waals surface area contributed by atoms with Gasteiger partial charge in [0.15, 0.2) is 0 Å². The van der Waals surface area contributed by atoms with Gasteiger partial charge in [-0.1, -0.05) is 49.6 Å². The minimum atomic E-state index is 0.565. The Morgan fingerprint density at radius 1 is 1.00 bits per heavy atom. The molecule has 2 aromatic rings. The van der Waals surface area contributed by atoms with E-state index in [9.17, 15) is 0 Å². The van der Waals surface area contributed by atoms with Crippen LogP contribution in [-0.2, 0) is 6.54 Å². The summed E-state index contributed by atoms with van der Waals surface area (Å²) >= 11 is 0. The van der Waals surface area contributed by atoms with Crippen LogP contribution in [0.4, 0.5) is 5.82 Å². The highest BCUT2D eigenvalue weighted by atomic mass is 14.9. The summed E-state index contributed by atoms with van der Waals surface area (Å²) in [5.74, 6) is 1.44. The number of nitrogens with one attached hydrogen (secondary N) is 1. The molecule has 1 aliphatic rings. The minimum absolute atomic E-state index is 0.565. The third-order valence-corrected chi connectivity index (χ3v) is 4.51. The first-order valence-corrected chi connectivity index (χ1v) is 8.34. The van der Waals surface area contributed by atoms with Crippen LogP contribution in [0.25, 0.3) is 11.3 Å². The number of nitrogens with zero attached hydrogens (tertiary/aromatic N) is 1. The number of rotatable bonds is 5. The van der Waals surface area contributed by atoms with Crippen LogP contribution < -0.4 is 11.1 Å². The molecule has 1 aliphatic carbocycles. The van der Waals surface area contributed by atoms with Crippen LogP contribution in [-0.4, -0.2) is 11.5 Å². The van der Waals surface area contributed by atoms with Crippen molar-refractivity contribution in [3.8, 4) is 11.3 Å². The lowest BCUT2D eigenvalue weighted by Crippen LogP contribution is -2.24. The summed E-state index contributed by atoms with van der Waals surface area (Å²) in [6, 6.07) is 14.3. The number of aromatic nitrogens is 1. The Balaban J connectivity index is 1.53. The van der Waals surface area contributed by atoms with Crippen LogP contribution in [0.15, 0.2) is 42.5 Å². The van der Waals surface area contributed by atoms with E-state index >= 15 is 0 Å². The molecule has 1 fully saturated rings. The van der Waals surface area contributed by atoms with E-state index < -0.39 is 0 Å². The molecule has 116 valence electrons. The summed E-state index contributed by atoms with van der Waals surface area (Å²) in [7, 11) is 0. The summed E-state index contributed by atoms with van der Waals surface area (Å²) in [4.78, 5) is 4.36. The van der Waals surface area contributed by atoms with E-state index in [1.807, 2.05) is 18.2 Å². The van der Waals surface area contributed by atoms with Gasteiger partial charge in [0.25, 0.3) is 0 Å². The van der Waals surface area contributed by atoms with Gasteiger partial charge >= 0.3 is 0 Å². The summed E-state index contributed by atoms with van der Waals surface area (Å²) in [6.45, 7) is 2.10. The fourth-order valence-electron chi connectivity index (χ4n) is 3.22. The maximum atomic E-state index is 5.74. The van der Waals surface area contributed by atoms with E-state index in [0.29, 0.717) is 5.82 Å². The lowest BCUT2D eigenvalue weighted by Gasteiger charge is -2.21. The lowest BCUT2D eigenvalue weighted by atomic mass is 9.89. The SMILES string of the molecule is Nc1cccc(-c2ccc(CNCC3CCCCC3)cc2)n1. The highest BCUT2D eigenvalue weighted by molar-refractivity contribution is 5.61. The van der Waals surface area contributed by atoms with Crippen molar-refractivity contribution < 1.29 is 0 Å². The van der Waals surface area contributed by atoms with Crippen molar-refractivity contribution in [2.75, 3.05) is 12.3 Å². The van der Waals surface area contributed by atoms with E-state index in [1.165, 1.54) is 37.7 Å². The summed E-state index contributed by atoms with van der Waals surface area (Å²) in [5.41, 5.74) is 9.11. The topological polar surface area (TPSA) is 50.9 Å². The Hall–Kier alpha value is -1.87. The van der Waals surface area contributed by atoms with Gasteiger partial charge in [0.05, 0.1) is 5.69 Å². The van der Waals surface area contributed by atoms with Crippen LogP contribution in [0.5, 0.6) is 0 Å². The first-order chi connectivity index (χ1) is 10.8. The molecule has 3 rings (SSSR count). The van der Waals surface area contributed by atoms with E-state index in [-0.39, 0.29) is 0 Å². The highest BCUT2D eigenvalue weighted by Crippen LogP contribution is 2.23. The minimum Gasteiger partial charge on any atom is -0.384 e. The molecular formula is C19H25N3. The Kier molecular flexibility index (Phi) is 5.07. The number of hydrogen-bond acceptors (Lipinski definition) is 3. The Labute approximate surface area is 133 Å². The normalized spacial score (nSPS) is 15.8. The Morgan fingerprint density at radius 3 is 2.50 bits per heavy atom. The number of hydrogen-bond donors (Lipinski definition) is 2. The van der Waals surface area contributed by atoms with Gasteiger partial charge in [-0.25, -0.2) is 4.98 Å². The molecule has 3 nitrogen and oxygen atoms in total.